The molecule has 2 aromatic rings. The van der Waals surface area contributed by atoms with Crippen LogP contribution in [0.25, 0.3) is 11.0 Å². The van der Waals surface area contributed by atoms with Gasteiger partial charge in [-0.1, -0.05) is 19.3 Å². The van der Waals surface area contributed by atoms with Crippen LogP contribution in [0.2, 0.25) is 0 Å². The van der Waals surface area contributed by atoms with Crippen molar-refractivity contribution in [1.82, 2.24) is 14.5 Å². The molecule has 0 bridgehead atoms. The van der Waals surface area contributed by atoms with Gasteiger partial charge in [0, 0.05) is 19.3 Å². The van der Waals surface area contributed by atoms with E-state index in [9.17, 15) is 0 Å². The van der Waals surface area contributed by atoms with Crippen molar-refractivity contribution in [2.24, 2.45) is 7.05 Å². The average Bonchev–Trinajstić information content (AvgIpc) is 2.74. The molecule has 2 aromatic heterocycles. The van der Waals surface area contributed by atoms with Gasteiger partial charge < -0.3 is 9.88 Å². The summed E-state index contributed by atoms with van der Waals surface area (Å²) in [7, 11) is 2.01. The Morgan fingerprint density at radius 1 is 1.24 bits per heavy atom. The molecule has 0 radical (unpaired) electrons. The fourth-order valence-electron chi connectivity index (χ4n) is 2.61. The molecule has 3 rings (SSSR count). The zero-order chi connectivity index (χ0) is 11.7. The Morgan fingerprint density at radius 2 is 2.06 bits per heavy atom. The van der Waals surface area contributed by atoms with Gasteiger partial charge in [0.05, 0.1) is 11.8 Å². The Bertz CT molecular complexity index is 511. The molecule has 0 aromatic carbocycles. The molecule has 1 saturated carbocycles. The molecule has 0 saturated heterocycles. The van der Waals surface area contributed by atoms with Gasteiger partial charge in [0.15, 0.2) is 5.82 Å². The lowest BCUT2D eigenvalue weighted by Crippen LogP contribution is -2.22. The summed E-state index contributed by atoms with van der Waals surface area (Å²) in [6.07, 6.45) is 10.2. The highest BCUT2D eigenvalue weighted by Crippen LogP contribution is 2.24. The van der Waals surface area contributed by atoms with E-state index in [4.69, 9.17) is 0 Å². The normalized spacial score (nSPS) is 17.5. The minimum absolute atomic E-state index is 0.573. The number of nitrogens with zero attached hydrogens (tertiary/aromatic N) is 3. The van der Waals surface area contributed by atoms with E-state index in [1.165, 1.54) is 32.1 Å². The van der Waals surface area contributed by atoms with Crippen LogP contribution in [0.15, 0.2) is 18.6 Å². The fraction of sp³-hybridized carbons (Fsp3) is 0.538. The van der Waals surface area contributed by atoms with Crippen LogP contribution < -0.4 is 5.32 Å². The molecule has 0 unspecified atom stereocenters. The first-order chi connectivity index (χ1) is 8.34. The van der Waals surface area contributed by atoms with Crippen molar-refractivity contribution in [3.05, 3.63) is 18.6 Å². The lowest BCUT2D eigenvalue weighted by Gasteiger charge is -2.23. The lowest BCUT2D eigenvalue weighted by atomic mass is 9.95. The first kappa shape index (κ1) is 10.6. The number of nitrogens with one attached hydrogen (secondary N) is 1. The summed E-state index contributed by atoms with van der Waals surface area (Å²) >= 11 is 0. The molecule has 0 atom stereocenters. The molecule has 17 heavy (non-hydrogen) atoms. The molecule has 1 N–H and O–H groups in total. The monoisotopic (exact) mass is 230 g/mol. The number of aromatic nitrogens is 3. The van der Waals surface area contributed by atoms with Crippen LogP contribution in [-0.4, -0.2) is 20.6 Å². The largest absolute Gasteiger partial charge is 0.365 e. The van der Waals surface area contributed by atoms with Crippen molar-refractivity contribution in [3.63, 3.8) is 0 Å². The number of anilines is 1. The number of aryl methyl sites for hydroxylation is 1. The predicted molar refractivity (Wildman–Crippen MR) is 69.0 cm³/mol. The summed E-state index contributed by atoms with van der Waals surface area (Å²) in [6.45, 7) is 0. The number of hydrogen-bond acceptors (Lipinski definition) is 3. The van der Waals surface area contributed by atoms with E-state index in [1.807, 2.05) is 30.2 Å². The van der Waals surface area contributed by atoms with Crippen molar-refractivity contribution in [2.75, 3.05) is 5.32 Å². The van der Waals surface area contributed by atoms with E-state index in [0.717, 1.165) is 16.9 Å². The second kappa shape index (κ2) is 4.35. The number of hydrogen-bond donors (Lipinski definition) is 1. The SMILES string of the molecule is Cn1cnc2c(NC3CCCCC3)nccc21. The third kappa shape index (κ3) is 1.99. The van der Waals surface area contributed by atoms with Gasteiger partial charge in [0.1, 0.15) is 5.52 Å². The van der Waals surface area contributed by atoms with Crippen LogP contribution in [0.3, 0.4) is 0 Å². The molecule has 4 nitrogen and oxygen atoms in total. The highest BCUT2D eigenvalue weighted by atomic mass is 15.1. The van der Waals surface area contributed by atoms with E-state index < -0.39 is 0 Å². The number of rotatable bonds is 2. The predicted octanol–water partition coefficient (Wildman–Crippen LogP) is 2.71. The van der Waals surface area contributed by atoms with Gasteiger partial charge in [-0.25, -0.2) is 9.97 Å². The number of pyridine rings is 1. The molecule has 4 heteroatoms. The van der Waals surface area contributed by atoms with E-state index in [0.29, 0.717) is 6.04 Å². The van der Waals surface area contributed by atoms with E-state index in [2.05, 4.69) is 15.3 Å². The van der Waals surface area contributed by atoms with Crippen LogP contribution in [-0.2, 0) is 7.05 Å². The standard InChI is InChI=1S/C13H18N4/c1-17-9-15-12-11(17)7-8-14-13(12)16-10-5-3-2-4-6-10/h7-10H,2-6H2,1H3,(H,14,16). The van der Waals surface area contributed by atoms with Crippen molar-refractivity contribution in [1.29, 1.82) is 0 Å². The van der Waals surface area contributed by atoms with Gasteiger partial charge in [-0.2, -0.15) is 0 Å². The maximum absolute atomic E-state index is 4.43. The summed E-state index contributed by atoms with van der Waals surface area (Å²) < 4.78 is 2.03. The van der Waals surface area contributed by atoms with Crippen molar-refractivity contribution in [2.45, 2.75) is 38.1 Å². The molecule has 0 aliphatic heterocycles. The highest BCUT2D eigenvalue weighted by molar-refractivity contribution is 5.85. The maximum atomic E-state index is 4.43. The van der Waals surface area contributed by atoms with Gasteiger partial charge in [0.25, 0.3) is 0 Å². The van der Waals surface area contributed by atoms with Crippen molar-refractivity contribution in [3.8, 4) is 0 Å². The van der Waals surface area contributed by atoms with Gasteiger partial charge in [-0.3, -0.25) is 0 Å². The topological polar surface area (TPSA) is 42.7 Å². The highest BCUT2D eigenvalue weighted by Gasteiger charge is 2.15. The molecular weight excluding hydrogens is 212 g/mol. The lowest BCUT2D eigenvalue weighted by molar-refractivity contribution is 0.462. The third-order valence-corrected chi connectivity index (χ3v) is 3.59. The second-order valence-electron chi connectivity index (χ2n) is 4.86. The average molecular weight is 230 g/mol. The van der Waals surface area contributed by atoms with E-state index in [-0.39, 0.29) is 0 Å². The minimum Gasteiger partial charge on any atom is -0.365 e. The Balaban J connectivity index is 1.89. The quantitative estimate of drug-likeness (QED) is 0.862. The summed E-state index contributed by atoms with van der Waals surface area (Å²) in [5, 5.41) is 3.55. The van der Waals surface area contributed by atoms with Gasteiger partial charge in [-0.15, -0.1) is 0 Å². The van der Waals surface area contributed by atoms with E-state index >= 15 is 0 Å². The molecule has 2 heterocycles. The van der Waals surface area contributed by atoms with Gasteiger partial charge >= 0.3 is 0 Å². The van der Waals surface area contributed by atoms with Crippen molar-refractivity contribution >= 4 is 16.9 Å². The van der Waals surface area contributed by atoms with Crippen LogP contribution in [0, 0.1) is 0 Å². The van der Waals surface area contributed by atoms with Crippen LogP contribution in [0.1, 0.15) is 32.1 Å². The van der Waals surface area contributed by atoms with Crippen LogP contribution in [0.4, 0.5) is 5.82 Å². The zero-order valence-corrected chi connectivity index (χ0v) is 10.2. The second-order valence-corrected chi connectivity index (χ2v) is 4.86. The summed E-state index contributed by atoms with van der Waals surface area (Å²) in [4.78, 5) is 8.85. The Hall–Kier alpha value is -1.58. The van der Waals surface area contributed by atoms with E-state index in [1.54, 1.807) is 0 Å². The molecule has 1 fully saturated rings. The summed E-state index contributed by atoms with van der Waals surface area (Å²) in [5.41, 5.74) is 2.12. The Morgan fingerprint density at radius 3 is 2.88 bits per heavy atom. The van der Waals surface area contributed by atoms with Crippen LogP contribution in [0.5, 0.6) is 0 Å². The Kier molecular flexibility index (Phi) is 2.71. The van der Waals surface area contributed by atoms with Gasteiger partial charge in [0.2, 0.25) is 0 Å². The first-order valence-corrected chi connectivity index (χ1v) is 6.37. The molecule has 90 valence electrons. The molecular formula is C13H18N4. The number of fused-ring (bicyclic) bond motifs is 1. The summed E-state index contributed by atoms with van der Waals surface area (Å²) in [5.74, 6) is 0.940. The molecule has 1 aliphatic rings. The third-order valence-electron chi connectivity index (χ3n) is 3.59. The maximum Gasteiger partial charge on any atom is 0.154 e. The summed E-state index contributed by atoms with van der Waals surface area (Å²) in [6, 6.07) is 2.58. The Labute approximate surface area is 101 Å². The smallest absolute Gasteiger partial charge is 0.154 e. The molecule has 0 spiro atoms. The molecule has 0 amide bonds. The minimum atomic E-state index is 0.573. The van der Waals surface area contributed by atoms with Gasteiger partial charge in [-0.05, 0) is 18.9 Å². The number of imidazole rings is 1. The van der Waals surface area contributed by atoms with Crippen LogP contribution >= 0.6 is 0 Å². The molecule has 1 aliphatic carbocycles. The first-order valence-electron chi connectivity index (χ1n) is 6.37. The zero-order valence-electron chi connectivity index (χ0n) is 10.2. The van der Waals surface area contributed by atoms with Crippen molar-refractivity contribution < 1.29 is 0 Å². The fourth-order valence-corrected chi connectivity index (χ4v) is 2.61.